The molecule has 0 saturated carbocycles. The molecular weight excluding hydrogens is 264 g/mol. The second kappa shape index (κ2) is 5.58. The molecule has 1 saturated heterocycles. The zero-order chi connectivity index (χ0) is 14.8. The standard InChI is InChI=1S/C17H18N2O2/c1-11(2)21-15-8-4-6-12-5-3-7-13(16(12)15)9-14-10-18-19-17(14)20/h3-9,11,18H,10H2,1-2H3,(H,19,20)/b14-9+. The second-order valence-corrected chi connectivity index (χ2v) is 5.35. The van der Waals surface area contributed by atoms with E-state index in [0.717, 1.165) is 27.7 Å². The highest BCUT2D eigenvalue weighted by atomic mass is 16.5. The van der Waals surface area contributed by atoms with Crippen LogP contribution in [0.1, 0.15) is 19.4 Å². The lowest BCUT2D eigenvalue weighted by Crippen LogP contribution is -2.25. The van der Waals surface area contributed by atoms with Crippen LogP contribution in [-0.2, 0) is 4.79 Å². The smallest absolute Gasteiger partial charge is 0.262 e. The third-order valence-corrected chi connectivity index (χ3v) is 3.36. The molecule has 4 nitrogen and oxygen atoms in total. The highest BCUT2D eigenvalue weighted by Crippen LogP contribution is 2.31. The Balaban J connectivity index is 2.16. The van der Waals surface area contributed by atoms with Gasteiger partial charge in [-0.25, -0.2) is 5.43 Å². The largest absolute Gasteiger partial charge is 0.490 e. The molecule has 4 heteroatoms. The lowest BCUT2D eigenvalue weighted by molar-refractivity contribution is -0.116. The van der Waals surface area contributed by atoms with Gasteiger partial charge in [-0.3, -0.25) is 10.2 Å². The van der Waals surface area contributed by atoms with Crippen LogP contribution in [0.5, 0.6) is 5.75 Å². The molecule has 2 N–H and O–H groups in total. The van der Waals surface area contributed by atoms with Gasteiger partial charge in [0.2, 0.25) is 0 Å². The first-order valence-corrected chi connectivity index (χ1v) is 7.07. The number of ether oxygens (including phenoxy) is 1. The highest BCUT2D eigenvalue weighted by molar-refractivity contribution is 6.03. The van der Waals surface area contributed by atoms with Crippen LogP contribution in [0.3, 0.4) is 0 Å². The Labute approximate surface area is 123 Å². The lowest BCUT2D eigenvalue weighted by Gasteiger charge is -2.14. The topological polar surface area (TPSA) is 50.4 Å². The summed E-state index contributed by atoms with van der Waals surface area (Å²) in [6.45, 7) is 4.55. The molecule has 0 atom stereocenters. The van der Waals surface area contributed by atoms with Crippen LogP contribution in [0, 0.1) is 0 Å². The molecule has 0 aromatic heterocycles. The van der Waals surface area contributed by atoms with Crippen molar-refractivity contribution < 1.29 is 9.53 Å². The van der Waals surface area contributed by atoms with E-state index in [2.05, 4.69) is 23.0 Å². The Bertz CT molecular complexity index is 715. The Morgan fingerprint density at radius 2 is 1.95 bits per heavy atom. The Morgan fingerprint density at radius 1 is 1.19 bits per heavy atom. The fraction of sp³-hybridized carbons (Fsp3) is 0.235. The fourth-order valence-electron chi connectivity index (χ4n) is 2.49. The van der Waals surface area contributed by atoms with Gasteiger partial charge in [-0.05, 0) is 36.9 Å². The average molecular weight is 282 g/mol. The first-order valence-electron chi connectivity index (χ1n) is 7.07. The minimum absolute atomic E-state index is 0.0748. The molecule has 2 aromatic carbocycles. The van der Waals surface area contributed by atoms with Crippen molar-refractivity contribution in [2.75, 3.05) is 6.54 Å². The van der Waals surface area contributed by atoms with Crippen LogP contribution < -0.4 is 15.6 Å². The van der Waals surface area contributed by atoms with E-state index in [1.54, 1.807) is 0 Å². The molecule has 1 amide bonds. The summed E-state index contributed by atoms with van der Waals surface area (Å²) in [4.78, 5) is 11.7. The van der Waals surface area contributed by atoms with Gasteiger partial charge in [0.05, 0.1) is 6.10 Å². The maximum Gasteiger partial charge on any atom is 0.262 e. The SMILES string of the molecule is CC(C)Oc1cccc2cccc(/C=C3\CNNC3=O)c12. The molecule has 21 heavy (non-hydrogen) atoms. The number of fused-ring (bicyclic) bond motifs is 1. The van der Waals surface area contributed by atoms with Crippen LogP contribution in [0.15, 0.2) is 42.0 Å². The van der Waals surface area contributed by atoms with Gasteiger partial charge < -0.3 is 4.74 Å². The molecule has 1 heterocycles. The monoisotopic (exact) mass is 282 g/mol. The number of hydrogen-bond acceptors (Lipinski definition) is 3. The Hall–Kier alpha value is -2.33. The van der Waals surface area contributed by atoms with Crippen LogP contribution in [-0.4, -0.2) is 18.6 Å². The van der Waals surface area contributed by atoms with Crippen molar-refractivity contribution in [3.8, 4) is 5.75 Å². The second-order valence-electron chi connectivity index (χ2n) is 5.35. The average Bonchev–Trinajstić information content (AvgIpc) is 2.84. The molecule has 0 spiro atoms. The van der Waals surface area contributed by atoms with Crippen molar-refractivity contribution in [1.29, 1.82) is 0 Å². The summed E-state index contributed by atoms with van der Waals surface area (Å²) < 4.78 is 5.91. The molecule has 0 radical (unpaired) electrons. The van der Waals surface area contributed by atoms with E-state index >= 15 is 0 Å². The molecule has 1 aliphatic heterocycles. The van der Waals surface area contributed by atoms with Crippen molar-refractivity contribution in [2.24, 2.45) is 0 Å². The summed E-state index contributed by atoms with van der Waals surface area (Å²) in [6.07, 6.45) is 2.03. The predicted molar refractivity (Wildman–Crippen MR) is 83.8 cm³/mol. The summed E-state index contributed by atoms with van der Waals surface area (Å²) in [6, 6.07) is 12.1. The van der Waals surface area contributed by atoms with E-state index in [-0.39, 0.29) is 12.0 Å². The van der Waals surface area contributed by atoms with Crippen molar-refractivity contribution in [1.82, 2.24) is 10.9 Å². The van der Waals surface area contributed by atoms with Crippen molar-refractivity contribution in [2.45, 2.75) is 20.0 Å². The summed E-state index contributed by atoms with van der Waals surface area (Å²) in [5.74, 6) is 0.774. The lowest BCUT2D eigenvalue weighted by atomic mass is 10.0. The van der Waals surface area contributed by atoms with E-state index in [0.29, 0.717) is 6.54 Å². The van der Waals surface area contributed by atoms with Gasteiger partial charge in [0.25, 0.3) is 5.91 Å². The summed E-state index contributed by atoms with van der Waals surface area (Å²) in [5.41, 5.74) is 7.16. The van der Waals surface area contributed by atoms with Crippen molar-refractivity contribution in [3.05, 3.63) is 47.5 Å². The van der Waals surface area contributed by atoms with Gasteiger partial charge in [-0.2, -0.15) is 0 Å². The number of hydrazine groups is 1. The summed E-state index contributed by atoms with van der Waals surface area (Å²) in [5, 5.41) is 2.15. The number of amides is 1. The third kappa shape index (κ3) is 2.76. The van der Waals surface area contributed by atoms with E-state index in [9.17, 15) is 4.79 Å². The first-order chi connectivity index (χ1) is 10.1. The number of rotatable bonds is 3. The zero-order valence-corrected chi connectivity index (χ0v) is 12.1. The van der Waals surface area contributed by atoms with Gasteiger partial charge in [-0.1, -0.05) is 30.3 Å². The number of carbonyl (C=O) groups excluding carboxylic acids is 1. The maximum absolute atomic E-state index is 11.7. The Morgan fingerprint density at radius 3 is 2.62 bits per heavy atom. The predicted octanol–water partition coefficient (Wildman–Crippen LogP) is 2.64. The minimum atomic E-state index is -0.0748. The molecule has 1 fully saturated rings. The zero-order valence-electron chi connectivity index (χ0n) is 12.1. The molecule has 1 aliphatic rings. The van der Waals surface area contributed by atoms with Gasteiger partial charge >= 0.3 is 0 Å². The number of benzene rings is 2. The van der Waals surface area contributed by atoms with Gasteiger partial charge in [0.15, 0.2) is 0 Å². The van der Waals surface area contributed by atoms with Crippen LogP contribution in [0.4, 0.5) is 0 Å². The molecule has 0 aliphatic carbocycles. The summed E-state index contributed by atoms with van der Waals surface area (Å²) in [7, 11) is 0. The molecule has 108 valence electrons. The van der Waals surface area contributed by atoms with E-state index < -0.39 is 0 Å². The first kappa shape index (κ1) is 13.6. The van der Waals surface area contributed by atoms with Crippen molar-refractivity contribution in [3.63, 3.8) is 0 Å². The van der Waals surface area contributed by atoms with Crippen LogP contribution in [0.2, 0.25) is 0 Å². The molecule has 2 aromatic rings. The van der Waals surface area contributed by atoms with E-state index in [1.165, 1.54) is 0 Å². The van der Waals surface area contributed by atoms with Gasteiger partial charge in [-0.15, -0.1) is 0 Å². The number of carbonyl (C=O) groups is 1. The highest BCUT2D eigenvalue weighted by Gasteiger charge is 2.16. The maximum atomic E-state index is 11.7. The molecule has 3 rings (SSSR count). The van der Waals surface area contributed by atoms with Crippen molar-refractivity contribution >= 4 is 22.8 Å². The minimum Gasteiger partial charge on any atom is -0.490 e. The Kier molecular flexibility index (Phi) is 3.62. The van der Waals surface area contributed by atoms with Crippen LogP contribution >= 0.6 is 0 Å². The number of hydrogen-bond donors (Lipinski definition) is 2. The summed E-state index contributed by atoms with van der Waals surface area (Å²) >= 11 is 0. The quantitative estimate of drug-likeness (QED) is 0.851. The number of nitrogens with one attached hydrogen (secondary N) is 2. The molecule has 0 unspecified atom stereocenters. The third-order valence-electron chi connectivity index (χ3n) is 3.36. The van der Waals surface area contributed by atoms with E-state index in [4.69, 9.17) is 4.74 Å². The molecule has 0 bridgehead atoms. The van der Waals surface area contributed by atoms with Gasteiger partial charge in [0, 0.05) is 17.5 Å². The van der Waals surface area contributed by atoms with Crippen LogP contribution in [0.25, 0.3) is 16.8 Å². The fourth-order valence-corrected chi connectivity index (χ4v) is 2.49. The normalized spacial score (nSPS) is 16.7. The molecular formula is C17H18N2O2. The van der Waals surface area contributed by atoms with E-state index in [1.807, 2.05) is 44.2 Å². The van der Waals surface area contributed by atoms with Gasteiger partial charge in [0.1, 0.15) is 5.75 Å².